The number of carbonyl (C=O) groups is 1. The molecule has 0 aromatic heterocycles. The van der Waals surface area contributed by atoms with Crippen LogP contribution in [0.5, 0.6) is 0 Å². The van der Waals surface area contributed by atoms with Crippen molar-refractivity contribution in [3.63, 3.8) is 0 Å². The zero-order valence-corrected chi connectivity index (χ0v) is 12.9. The summed E-state index contributed by atoms with van der Waals surface area (Å²) in [7, 11) is 1.88. The van der Waals surface area contributed by atoms with Crippen molar-refractivity contribution in [2.75, 3.05) is 31.6 Å². The molecule has 4 nitrogen and oxygen atoms in total. The van der Waals surface area contributed by atoms with E-state index in [1.54, 1.807) is 0 Å². The molecule has 1 aliphatic heterocycles. The van der Waals surface area contributed by atoms with E-state index in [0.29, 0.717) is 0 Å². The number of amides is 1. The highest BCUT2D eigenvalue weighted by Gasteiger charge is 2.41. The van der Waals surface area contributed by atoms with Crippen LogP contribution in [0.25, 0.3) is 0 Å². The van der Waals surface area contributed by atoms with Gasteiger partial charge < -0.3 is 15.1 Å². The quantitative estimate of drug-likeness (QED) is 0.911. The molecule has 0 spiro atoms. The lowest BCUT2D eigenvalue weighted by molar-refractivity contribution is -0.136. The minimum absolute atomic E-state index is 0.182. The van der Waals surface area contributed by atoms with Gasteiger partial charge in [0.15, 0.2) is 0 Å². The standard InChI is InChI=1S/C16H25N3O/c1-5-17-12-13-8-6-7-9-14(13)19-11-10-18(4)15(20)16(19,2)3/h6-9,17H,5,10-12H2,1-4H3. The van der Waals surface area contributed by atoms with Gasteiger partial charge in [-0.2, -0.15) is 0 Å². The summed E-state index contributed by atoms with van der Waals surface area (Å²) < 4.78 is 0. The zero-order valence-electron chi connectivity index (χ0n) is 12.9. The SMILES string of the molecule is CCNCc1ccccc1N1CCN(C)C(=O)C1(C)C. The first-order chi connectivity index (χ1) is 9.48. The largest absolute Gasteiger partial charge is 0.355 e. The van der Waals surface area contributed by atoms with E-state index < -0.39 is 5.54 Å². The number of nitrogens with one attached hydrogen (secondary N) is 1. The van der Waals surface area contributed by atoms with Gasteiger partial charge >= 0.3 is 0 Å². The smallest absolute Gasteiger partial charge is 0.247 e. The van der Waals surface area contributed by atoms with Crippen molar-refractivity contribution in [2.45, 2.75) is 32.9 Å². The fraction of sp³-hybridized carbons (Fsp3) is 0.562. The lowest BCUT2D eigenvalue weighted by Gasteiger charge is -2.46. The van der Waals surface area contributed by atoms with Gasteiger partial charge in [0.1, 0.15) is 5.54 Å². The Bertz CT molecular complexity index is 484. The van der Waals surface area contributed by atoms with Gasteiger partial charge in [-0.1, -0.05) is 25.1 Å². The summed E-state index contributed by atoms with van der Waals surface area (Å²) >= 11 is 0. The van der Waals surface area contributed by atoms with Crippen LogP contribution in [0.4, 0.5) is 5.69 Å². The number of piperazine rings is 1. The third-order valence-corrected chi connectivity index (χ3v) is 4.05. The monoisotopic (exact) mass is 275 g/mol. The lowest BCUT2D eigenvalue weighted by Crippen LogP contribution is -2.62. The first-order valence-electron chi connectivity index (χ1n) is 7.30. The molecule has 110 valence electrons. The predicted molar refractivity (Wildman–Crippen MR) is 82.9 cm³/mol. The van der Waals surface area contributed by atoms with E-state index in [1.807, 2.05) is 31.9 Å². The lowest BCUT2D eigenvalue weighted by atomic mass is 9.95. The number of carbonyl (C=O) groups excluding carboxylic acids is 1. The fourth-order valence-electron chi connectivity index (χ4n) is 2.82. The van der Waals surface area contributed by atoms with E-state index >= 15 is 0 Å². The minimum Gasteiger partial charge on any atom is -0.355 e. The molecule has 1 N–H and O–H groups in total. The second-order valence-corrected chi connectivity index (χ2v) is 5.85. The molecule has 0 aliphatic carbocycles. The van der Waals surface area contributed by atoms with E-state index in [-0.39, 0.29) is 5.91 Å². The van der Waals surface area contributed by atoms with E-state index in [9.17, 15) is 4.79 Å². The van der Waals surface area contributed by atoms with Gasteiger partial charge in [0.2, 0.25) is 5.91 Å². The molecular weight excluding hydrogens is 250 g/mol. The summed E-state index contributed by atoms with van der Waals surface area (Å²) in [5.74, 6) is 0.182. The third kappa shape index (κ3) is 2.66. The van der Waals surface area contributed by atoms with E-state index in [4.69, 9.17) is 0 Å². The molecule has 1 saturated heterocycles. The zero-order chi connectivity index (χ0) is 14.8. The molecule has 1 fully saturated rings. The Balaban J connectivity index is 2.33. The number of likely N-dealkylation sites (N-methyl/N-ethyl adjacent to an activating group) is 1. The number of hydrogen-bond donors (Lipinski definition) is 1. The van der Waals surface area contributed by atoms with Gasteiger partial charge in [-0.3, -0.25) is 4.79 Å². The molecule has 0 radical (unpaired) electrons. The highest BCUT2D eigenvalue weighted by atomic mass is 16.2. The van der Waals surface area contributed by atoms with E-state index in [0.717, 1.165) is 26.2 Å². The summed E-state index contributed by atoms with van der Waals surface area (Å²) in [5, 5.41) is 3.37. The molecule has 2 rings (SSSR count). The molecule has 1 heterocycles. The van der Waals surface area contributed by atoms with Crippen molar-refractivity contribution >= 4 is 11.6 Å². The number of rotatable bonds is 4. The summed E-state index contributed by atoms with van der Waals surface area (Å²) in [6.07, 6.45) is 0. The molecule has 1 aromatic carbocycles. The maximum atomic E-state index is 12.4. The molecule has 20 heavy (non-hydrogen) atoms. The molecule has 1 aromatic rings. The van der Waals surface area contributed by atoms with Crippen LogP contribution in [0.1, 0.15) is 26.3 Å². The van der Waals surface area contributed by atoms with Crippen LogP contribution in [0.3, 0.4) is 0 Å². The van der Waals surface area contributed by atoms with Crippen molar-refractivity contribution in [3.05, 3.63) is 29.8 Å². The summed E-state index contributed by atoms with van der Waals surface area (Å²) in [6.45, 7) is 9.55. The van der Waals surface area contributed by atoms with Crippen LogP contribution in [0.15, 0.2) is 24.3 Å². The Hall–Kier alpha value is -1.55. The number of benzene rings is 1. The third-order valence-electron chi connectivity index (χ3n) is 4.05. The van der Waals surface area contributed by atoms with Crippen molar-refractivity contribution in [3.8, 4) is 0 Å². The van der Waals surface area contributed by atoms with Crippen molar-refractivity contribution in [2.24, 2.45) is 0 Å². The fourth-order valence-corrected chi connectivity index (χ4v) is 2.82. The first-order valence-corrected chi connectivity index (χ1v) is 7.30. The van der Waals surface area contributed by atoms with E-state index in [2.05, 4.69) is 35.3 Å². The maximum absolute atomic E-state index is 12.4. The highest BCUT2D eigenvalue weighted by Crippen LogP contribution is 2.31. The van der Waals surface area contributed by atoms with Gasteiger partial charge in [0.05, 0.1) is 0 Å². The molecule has 1 amide bonds. The Morgan fingerprint density at radius 1 is 1.25 bits per heavy atom. The summed E-state index contributed by atoms with van der Waals surface area (Å²) in [4.78, 5) is 16.5. The average molecular weight is 275 g/mol. The number of anilines is 1. The average Bonchev–Trinajstić information content (AvgIpc) is 2.43. The Morgan fingerprint density at radius 2 is 1.95 bits per heavy atom. The molecule has 0 bridgehead atoms. The molecule has 4 heteroatoms. The number of para-hydroxylation sites is 1. The van der Waals surface area contributed by atoms with Gasteiger partial charge in [-0.25, -0.2) is 0 Å². The van der Waals surface area contributed by atoms with Crippen molar-refractivity contribution in [1.82, 2.24) is 10.2 Å². The molecule has 0 atom stereocenters. The molecule has 0 saturated carbocycles. The van der Waals surface area contributed by atoms with Crippen LogP contribution in [0.2, 0.25) is 0 Å². The van der Waals surface area contributed by atoms with Crippen LogP contribution in [-0.2, 0) is 11.3 Å². The highest BCUT2D eigenvalue weighted by molar-refractivity contribution is 5.90. The number of hydrogen-bond acceptors (Lipinski definition) is 3. The van der Waals surface area contributed by atoms with Crippen molar-refractivity contribution in [1.29, 1.82) is 0 Å². The van der Waals surface area contributed by atoms with Gasteiger partial charge in [0, 0.05) is 32.4 Å². The maximum Gasteiger partial charge on any atom is 0.247 e. The first kappa shape index (κ1) is 14.9. The Morgan fingerprint density at radius 3 is 2.65 bits per heavy atom. The van der Waals surface area contributed by atoms with Crippen LogP contribution >= 0.6 is 0 Å². The Labute approximate surface area is 121 Å². The van der Waals surface area contributed by atoms with Gasteiger partial charge in [0.25, 0.3) is 0 Å². The Kier molecular flexibility index (Phi) is 4.33. The van der Waals surface area contributed by atoms with Crippen LogP contribution in [0, 0.1) is 0 Å². The molecule has 0 unspecified atom stereocenters. The van der Waals surface area contributed by atoms with Gasteiger partial charge in [-0.05, 0) is 32.0 Å². The van der Waals surface area contributed by atoms with Crippen LogP contribution < -0.4 is 10.2 Å². The topological polar surface area (TPSA) is 35.6 Å². The predicted octanol–water partition coefficient (Wildman–Crippen LogP) is 1.85. The van der Waals surface area contributed by atoms with Crippen molar-refractivity contribution < 1.29 is 4.79 Å². The normalized spacial score (nSPS) is 18.5. The van der Waals surface area contributed by atoms with Gasteiger partial charge in [-0.15, -0.1) is 0 Å². The molecule has 1 aliphatic rings. The van der Waals surface area contributed by atoms with E-state index in [1.165, 1.54) is 11.3 Å². The minimum atomic E-state index is -0.491. The second-order valence-electron chi connectivity index (χ2n) is 5.85. The molecular formula is C16H25N3O. The van der Waals surface area contributed by atoms with Crippen LogP contribution in [-0.4, -0.2) is 43.0 Å². The summed E-state index contributed by atoms with van der Waals surface area (Å²) in [6, 6.07) is 8.36. The summed E-state index contributed by atoms with van der Waals surface area (Å²) in [5.41, 5.74) is 1.93. The number of nitrogens with zero attached hydrogens (tertiary/aromatic N) is 2. The second kappa shape index (κ2) is 5.83.